The van der Waals surface area contributed by atoms with Crippen LogP contribution in [0.2, 0.25) is 0 Å². The quantitative estimate of drug-likeness (QED) is 0.188. The van der Waals surface area contributed by atoms with Crippen molar-refractivity contribution < 1.29 is 13.3 Å². The largest absolute Gasteiger partial charge is 0.456 e. The number of benzene rings is 7. The highest BCUT2D eigenvalue weighted by Crippen LogP contribution is 2.43. The highest BCUT2D eigenvalue weighted by atomic mass is 16.3. The van der Waals surface area contributed by atoms with E-state index in [0.717, 1.165) is 93.6 Å². The number of hydrogen-bond donors (Lipinski definition) is 0. The Balaban J connectivity index is 1.15. The van der Waals surface area contributed by atoms with E-state index in [-0.39, 0.29) is 0 Å². The minimum Gasteiger partial charge on any atom is -0.456 e. The van der Waals surface area contributed by atoms with Gasteiger partial charge in [-0.25, -0.2) is 15.0 Å². The molecule has 0 aliphatic heterocycles. The Morgan fingerprint density at radius 3 is 1.65 bits per heavy atom. The van der Waals surface area contributed by atoms with Crippen molar-refractivity contribution in [2.45, 2.75) is 0 Å². The SMILES string of the molecule is c1ccc(-c2nc(-c3ccc4c(c3)oc3ccccc34)nc(-c3ccc(-c4ccc5oc6ccccc6c5c4)c4c3oc3ccccc34)n2)cc1. The lowest BCUT2D eigenvalue weighted by Gasteiger charge is -2.11. The summed E-state index contributed by atoms with van der Waals surface area (Å²) in [6, 6.07) is 51.1. The van der Waals surface area contributed by atoms with Gasteiger partial charge in [0.2, 0.25) is 0 Å². The Morgan fingerprint density at radius 2 is 0.863 bits per heavy atom. The highest BCUT2D eigenvalue weighted by Gasteiger charge is 2.21. The Kier molecular flexibility index (Phi) is 5.86. The molecule has 6 nitrogen and oxygen atoms in total. The maximum Gasteiger partial charge on any atom is 0.167 e. The molecule has 0 amide bonds. The van der Waals surface area contributed by atoms with Crippen molar-refractivity contribution in [1.29, 1.82) is 0 Å². The van der Waals surface area contributed by atoms with Crippen LogP contribution in [0.3, 0.4) is 0 Å². The van der Waals surface area contributed by atoms with Crippen molar-refractivity contribution in [2.24, 2.45) is 0 Å². The summed E-state index contributed by atoms with van der Waals surface area (Å²) in [7, 11) is 0. The van der Waals surface area contributed by atoms with Crippen molar-refractivity contribution in [3.63, 3.8) is 0 Å². The van der Waals surface area contributed by atoms with Crippen LogP contribution in [0.4, 0.5) is 0 Å². The number of aromatic nitrogens is 3. The summed E-state index contributed by atoms with van der Waals surface area (Å²) in [5.74, 6) is 1.65. The van der Waals surface area contributed by atoms with Gasteiger partial charge < -0.3 is 13.3 Å². The number of rotatable bonds is 4. The number of fused-ring (bicyclic) bond motifs is 9. The van der Waals surface area contributed by atoms with E-state index in [4.69, 9.17) is 28.2 Å². The Bertz CT molecular complexity index is 3150. The zero-order valence-electron chi connectivity index (χ0n) is 27.0. The molecule has 6 heteroatoms. The maximum absolute atomic E-state index is 6.69. The van der Waals surface area contributed by atoms with Crippen LogP contribution < -0.4 is 0 Å². The predicted molar refractivity (Wildman–Crippen MR) is 203 cm³/mol. The molecule has 11 aromatic rings. The van der Waals surface area contributed by atoms with Crippen molar-refractivity contribution in [3.8, 4) is 45.3 Å². The van der Waals surface area contributed by atoms with Crippen LogP contribution in [0, 0.1) is 0 Å². The fourth-order valence-electron chi connectivity index (χ4n) is 7.35. The number of para-hydroxylation sites is 3. The van der Waals surface area contributed by atoms with Crippen molar-refractivity contribution in [2.75, 3.05) is 0 Å². The van der Waals surface area contributed by atoms with Gasteiger partial charge in [0.15, 0.2) is 17.5 Å². The predicted octanol–water partition coefficient (Wildman–Crippen LogP) is 12.2. The van der Waals surface area contributed by atoms with Crippen LogP contribution in [0.5, 0.6) is 0 Å². The van der Waals surface area contributed by atoms with E-state index in [0.29, 0.717) is 17.5 Å². The first-order valence-electron chi connectivity index (χ1n) is 16.8. The average Bonchev–Trinajstić information content (AvgIpc) is 3.89. The summed E-state index contributed by atoms with van der Waals surface area (Å²) >= 11 is 0. The number of hydrogen-bond acceptors (Lipinski definition) is 6. The maximum atomic E-state index is 6.69. The van der Waals surface area contributed by atoms with Gasteiger partial charge in [-0.3, -0.25) is 0 Å². The molecule has 0 aliphatic rings. The van der Waals surface area contributed by atoms with Crippen LogP contribution in [-0.2, 0) is 0 Å². The van der Waals surface area contributed by atoms with E-state index in [2.05, 4.69) is 54.6 Å². The standard InChI is InChI=1S/C45H25N3O3/c1-2-10-26(11-3-1)43-46-44(28-18-20-32-30-12-4-7-15-36(30)50-40(32)25-28)48-45(47-43)34-22-21-29(41-33-14-6-9-17-38(33)51-42(34)41)27-19-23-39-35(24-27)31-13-5-8-16-37(31)49-39/h1-25H. The summed E-state index contributed by atoms with van der Waals surface area (Å²) < 4.78 is 19.1. The first kappa shape index (κ1) is 27.9. The second kappa shape index (κ2) is 10.7. The fraction of sp³-hybridized carbons (Fsp3) is 0. The van der Waals surface area contributed by atoms with E-state index in [1.807, 2.05) is 97.1 Å². The van der Waals surface area contributed by atoms with Gasteiger partial charge in [0.25, 0.3) is 0 Å². The Morgan fingerprint density at radius 1 is 0.314 bits per heavy atom. The van der Waals surface area contributed by atoms with Crippen LogP contribution in [0.15, 0.2) is 165 Å². The molecule has 0 bridgehead atoms. The molecule has 51 heavy (non-hydrogen) atoms. The minimum absolute atomic E-state index is 0.524. The molecule has 0 spiro atoms. The molecule has 0 fully saturated rings. The first-order valence-corrected chi connectivity index (χ1v) is 16.8. The number of furan rings is 3. The van der Waals surface area contributed by atoms with Gasteiger partial charge in [-0.15, -0.1) is 0 Å². The lowest BCUT2D eigenvalue weighted by molar-refractivity contribution is 0.668. The summed E-state index contributed by atoms with van der Waals surface area (Å²) in [5.41, 5.74) is 9.50. The summed E-state index contributed by atoms with van der Waals surface area (Å²) in [5, 5.41) is 6.31. The Hall–Kier alpha value is -7.05. The van der Waals surface area contributed by atoms with E-state index in [1.54, 1.807) is 0 Å². The van der Waals surface area contributed by atoms with Gasteiger partial charge in [-0.05, 0) is 59.7 Å². The molecule has 0 aliphatic carbocycles. The van der Waals surface area contributed by atoms with Gasteiger partial charge in [0, 0.05) is 43.4 Å². The molecule has 0 N–H and O–H groups in total. The second-order valence-corrected chi connectivity index (χ2v) is 12.8. The molecular formula is C45H25N3O3. The van der Waals surface area contributed by atoms with Crippen LogP contribution in [0.1, 0.15) is 0 Å². The third-order valence-corrected chi connectivity index (χ3v) is 9.76. The van der Waals surface area contributed by atoms with Crippen molar-refractivity contribution in [3.05, 3.63) is 152 Å². The van der Waals surface area contributed by atoms with Gasteiger partial charge in [0.05, 0.1) is 5.56 Å². The molecule has 11 rings (SSSR count). The van der Waals surface area contributed by atoms with Gasteiger partial charge in [-0.2, -0.15) is 0 Å². The zero-order chi connectivity index (χ0) is 33.5. The monoisotopic (exact) mass is 655 g/mol. The average molecular weight is 656 g/mol. The molecule has 4 heterocycles. The summed E-state index contributed by atoms with van der Waals surface area (Å²) in [4.78, 5) is 15.2. The summed E-state index contributed by atoms with van der Waals surface area (Å²) in [6.45, 7) is 0. The molecule has 0 atom stereocenters. The molecule has 0 radical (unpaired) electrons. The molecule has 7 aromatic carbocycles. The van der Waals surface area contributed by atoms with Crippen LogP contribution in [0.25, 0.3) is 111 Å². The lowest BCUT2D eigenvalue weighted by atomic mass is 9.95. The zero-order valence-corrected chi connectivity index (χ0v) is 27.0. The third-order valence-electron chi connectivity index (χ3n) is 9.76. The summed E-state index contributed by atoms with van der Waals surface area (Å²) in [6.07, 6.45) is 0. The van der Waals surface area contributed by atoms with E-state index in [1.165, 1.54) is 0 Å². The van der Waals surface area contributed by atoms with Gasteiger partial charge >= 0.3 is 0 Å². The smallest absolute Gasteiger partial charge is 0.167 e. The topological polar surface area (TPSA) is 78.1 Å². The molecule has 4 aromatic heterocycles. The van der Waals surface area contributed by atoms with Gasteiger partial charge in [0.1, 0.15) is 33.5 Å². The van der Waals surface area contributed by atoms with E-state index < -0.39 is 0 Å². The van der Waals surface area contributed by atoms with Crippen molar-refractivity contribution >= 4 is 65.8 Å². The third kappa shape index (κ3) is 4.33. The highest BCUT2D eigenvalue weighted by molar-refractivity contribution is 6.17. The molecule has 0 unspecified atom stereocenters. The molecule has 0 saturated heterocycles. The minimum atomic E-state index is 0.524. The van der Waals surface area contributed by atoms with Crippen molar-refractivity contribution in [1.82, 2.24) is 15.0 Å². The van der Waals surface area contributed by atoms with E-state index in [9.17, 15) is 0 Å². The van der Waals surface area contributed by atoms with Gasteiger partial charge in [-0.1, -0.05) is 103 Å². The lowest BCUT2D eigenvalue weighted by Crippen LogP contribution is -2.00. The molecule has 238 valence electrons. The molecule has 0 saturated carbocycles. The molecular weight excluding hydrogens is 631 g/mol. The number of nitrogens with zero attached hydrogens (tertiary/aromatic N) is 3. The Labute approximate surface area is 290 Å². The second-order valence-electron chi connectivity index (χ2n) is 12.8. The normalized spacial score (nSPS) is 11.9. The first-order chi connectivity index (χ1) is 25.2. The van der Waals surface area contributed by atoms with E-state index >= 15 is 0 Å². The fourth-order valence-corrected chi connectivity index (χ4v) is 7.35. The van der Waals surface area contributed by atoms with Crippen LogP contribution in [-0.4, -0.2) is 15.0 Å². The van der Waals surface area contributed by atoms with Crippen LogP contribution >= 0.6 is 0 Å².